The fourth-order valence-corrected chi connectivity index (χ4v) is 2.44. The summed E-state index contributed by atoms with van der Waals surface area (Å²) in [6.45, 7) is 7.66. The molecule has 8 heteroatoms. The van der Waals surface area contributed by atoms with E-state index in [4.69, 9.17) is 23.7 Å². The van der Waals surface area contributed by atoms with Gasteiger partial charge in [0.25, 0.3) is 0 Å². The van der Waals surface area contributed by atoms with Crippen molar-refractivity contribution in [3.63, 3.8) is 0 Å². The second-order valence-corrected chi connectivity index (χ2v) is 5.65. The summed E-state index contributed by atoms with van der Waals surface area (Å²) < 4.78 is 26.8. The van der Waals surface area contributed by atoms with E-state index in [9.17, 15) is 14.4 Å². The van der Waals surface area contributed by atoms with Gasteiger partial charge < -0.3 is 23.7 Å². The summed E-state index contributed by atoms with van der Waals surface area (Å²) in [5.74, 6) is -1.74. The monoisotopic (exact) mass is 358 g/mol. The molecule has 1 aliphatic rings. The summed E-state index contributed by atoms with van der Waals surface area (Å²) in [4.78, 5) is 34.1. The maximum Gasteiger partial charge on any atom is 0.303 e. The predicted molar refractivity (Wildman–Crippen MR) is 86.4 cm³/mol. The zero-order valence-electron chi connectivity index (χ0n) is 14.9. The third-order valence-electron chi connectivity index (χ3n) is 3.39. The molecular weight excluding hydrogens is 332 g/mol. The molecule has 0 spiro atoms. The average Bonchev–Trinajstić information content (AvgIpc) is 2.50. The first-order chi connectivity index (χ1) is 11.8. The van der Waals surface area contributed by atoms with Crippen molar-refractivity contribution < 1.29 is 38.1 Å². The van der Waals surface area contributed by atoms with Gasteiger partial charge in [0.05, 0.1) is 6.61 Å². The molecule has 1 aliphatic heterocycles. The zero-order chi connectivity index (χ0) is 18.8. The lowest BCUT2D eigenvalue weighted by Crippen LogP contribution is -2.58. The number of hydrogen-bond acceptors (Lipinski definition) is 8. The van der Waals surface area contributed by atoms with Crippen molar-refractivity contribution in [3.8, 4) is 0 Å². The fraction of sp³-hybridized carbons (Fsp3) is 0.706. The fourth-order valence-electron chi connectivity index (χ4n) is 2.44. The number of carbonyl (C=O) groups excluding carboxylic acids is 3. The number of hydrogen-bond donors (Lipinski definition) is 0. The molecule has 0 radical (unpaired) electrons. The van der Waals surface area contributed by atoms with Crippen LogP contribution in [-0.2, 0) is 38.1 Å². The maximum atomic E-state index is 11.4. The molecule has 0 bridgehead atoms. The zero-order valence-corrected chi connectivity index (χ0v) is 14.9. The number of ether oxygens (including phenoxy) is 5. The first-order valence-electron chi connectivity index (χ1n) is 8.21. The number of esters is 3. The van der Waals surface area contributed by atoms with Gasteiger partial charge in [0, 0.05) is 27.4 Å². The van der Waals surface area contributed by atoms with Gasteiger partial charge in [-0.25, -0.2) is 0 Å². The van der Waals surface area contributed by atoms with Crippen LogP contribution in [0, 0.1) is 0 Å². The van der Waals surface area contributed by atoms with Crippen molar-refractivity contribution in [1.82, 2.24) is 0 Å². The Hall–Kier alpha value is -1.93. The lowest BCUT2D eigenvalue weighted by molar-refractivity contribution is -0.281. The standard InChI is InChI=1S/C17H26O8/c1-5-6-7-8-9-21-17-16(25-13(4)20)15(24-12(3)19)14(10-22-17)23-11(2)18/h5,14-17H,1,6-10H2,2-4H3/t14-,15+,16-,17-/m1/s1. The first kappa shape index (κ1) is 21.1. The lowest BCUT2D eigenvalue weighted by atomic mass is 10.0. The van der Waals surface area contributed by atoms with Gasteiger partial charge in [-0.3, -0.25) is 14.4 Å². The van der Waals surface area contributed by atoms with Gasteiger partial charge in [-0.15, -0.1) is 6.58 Å². The summed E-state index contributed by atoms with van der Waals surface area (Å²) in [5, 5.41) is 0. The molecule has 1 fully saturated rings. The Morgan fingerprint density at radius 1 is 1.00 bits per heavy atom. The van der Waals surface area contributed by atoms with Gasteiger partial charge in [0.15, 0.2) is 24.6 Å². The molecule has 1 heterocycles. The second-order valence-electron chi connectivity index (χ2n) is 5.65. The van der Waals surface area contributed by atoms with Gasteiger partial charge in [-0.05, 0) is 19.3 Å². The van der Waals surface area contributed by atoms with E-state index >= 15 is 0 Å². The molecule has 8 nitrogen and oxygen atoms in total. The highest BCUT2D eigenvalue weighted by atomic mass is 16.7. The van der Waals surface area contributed by atoms with Crippen LogP contribution >= 0.6 is 0 Å². The maximum absolute atomic E-state index is 11.4. The predicted octanol–water partition coefficient (Wildman–Crippen LogP) is 1.51. The topological polar surface area (TPSA) is 97.4 Å². The number of rotatable bonds is 9. The van der Waals surface area contributed by atoms with Crippen molar-refractivity contribution in [2.75, 3.05) is 13.2 Å². The van der Waals surface area contributed by atoms with Crippen LogP contribution in [-0.4, -0.2) is 55.7 Å². The molecule has 1 rings (SSSR count). The molecule has 4 atom stereocenters. The van der Waals surface area contributed by atoms with Crippen molar-refractivity contribution >= 4 is 17.9 Å². The SMILES string of the molecule is C=CCCCCO[C@@H]1OC[C@@H](OC(C)=O)[C@H](OC(C)=O)[C@H]1OC(C)=O. The second kappa shape index (κ2) is 10.8. The molecule has 0 aromatic carbocycles. The lowest BCUT2D eigenvalue weighted by Gasteiger charge is -2.40. The van der Waals surface area contributed by atoms with Gasteiger partial charge >= 0.3 is 17.9 Å². The summed E-state index contributed by atoms with van der Waals surface area (Å²) in [5.41, 5.74) is 0. The van der Waals surface area contributed by atoms with Gasteiger partial charge in [-0.1, -0.05) is 6.08 Å². The molecule has 0 aromatic rings. The van der Waals surface area contributed by atoms with E-state index in [0.29, 0.717) is 6.61 Å². The number of allylic oxidation sites excluding steroid dienone is 1. The highest BCUT2D eigenvalue weighted by Crippen LogP contribution is 2.25. The van der Waals surface area contributed by atoms with E-state index in [2.05, 4.69) is 6.58 Å². The Labute approximate surface area is 147 Å². The molecule has 142 valence electrons. The van der Waals surface area contributed by atoms with E-state index in [-0.39, 0.29) is 6.61 Å². The summed E-state index contributed by atoms with van der Waals surface area (Å²) in [7, 11) is 0. The minimum atomic E-state index is -1.03. The van der Waals surface area contributed by atoms with E-state index in [1.807, 2.05) is 6.08 Å². The minimum Gasteiger partial charge on any atom is -0.456 e. The van der Waals surface area contributed by atoms with E-state index in [1.54, 1.807) is 0 Å². The van der Waals surface area contributed by atoms with E-state index in [1.165, 1.54) is 20.8 Å². The molecule has 0 aliphatic carbocycles. The van der Waals surface area contributed by atoms with Crippen molar-refractivity contribution in [2.45, 2.75) is 64.6 Å². The van der Waals surface area contributed by atoms with Gasteiger partial charge in [0.2, 0.25) is 0 Å². The van der Waals surface area contributed by atoms with Crippen LogP contribution in [0.5, 0.6) is 0 Å². The molecular formula is C17H26O8. The molecule has 0 unspecified atom stereocenters. The van der Waals surface area contributed by atoms with Crippen molar-refractivity contribution in [3.05, 3.63) is 12.7 Å². The Kier molecular flexibility index (Phi) is 9.15. The Morgan fingerprint density at radius 3 is 2.16 bits per heavy atom. The van der Waals surface area contributed by atoms with E-state index < -0.39 is 42.5 Å². The average molecular weight is 358 g/mol. The van der Waals surface area contributed by atoms with Crippen LogP contribution in [0.15, 0.2) is 12.7 Å². The molecule has 0 amide bonds. The molecule has 0 aromatic heterocycles. The highest BCUT2D eigenvalue weighted by Gasteiger charge is 2.47. The van der Waals surface area contributed by atoms with Gasteiger partial charge in [0.1, 0.15) is 0 Å². The van der Waals surface area contributed by atoms with E-state index in [0.717, 1.165) is 19.3 Å². The largest absolute Gasteiger partial charge is 0.456 e. The summed E-state index contributed by atoms with van der Waals surface area (Å²) in [6.07, 6.45) is 0.528. The number of unbranched alkanes of at least 4 members (excludes halogenated alkanes) is 2. The van der Waals surface area contributed by atoms with Crippen molar-refractivity contribution in [1.29, 1.82) is 0 Å². The first-order valence-corrected chi connectivity index (χ1v) is 8.21. The smallest absolute Gasteiger partial charge is 0.303 e. The van der Waals surface area contributed by atoms with Crippen LogP contribution in [0.2, 0.25) is 0 Å². The van der Waals surface area contributed by atoms with Crippen LogP contribution in [0.25, 0.3) is 0 Å². The van der Waals surface area contributed by atoms with Crippen LogP contribution in [0.1, 0.15) is 40.0 Å². The Balaban J connectivity index is 2.82. The molecule has 0 saturated carbocycles. The number of carbonyl (C=O) groups is 3. The quantitative estimate of drug-likeness (QED) is 0.265. The molecule has 25 heavy (non-hydrogen) atoms. The van der Waals surface area contributed by atoms with Crippen LogP contribution in [0.3, 0.4) is 0 Å². The van der Waals surface area contributed by atoms with Crippen LogP contribution < -0.4 is 0 Å². The third-order valence-corrected chi connectivity index (χ3v) is 3.39. The van der Waals surface area contributed by atoms with Crippen LogP contribution in [0.4, 0.5) is 0 Å². The molecule has 1 saturated heterocycles. The third kappa shape index (κ3) is 7.66. The Morgan fingerprint density at radius 2 is 1.60 bits per heavy atom. The summed E-state index contributed by atoms with van der Waals surface area (Å²) >= 11 is 0. The Bertz CT molecular complexity index is 475. The van der Waals surface area contributed by atoms with Gasteiger partial charge in [-0.2, -0.15) is 0 Å². The molecule has 0 N–H and O–H groups in total. The minimum absolute atomic E-state index is 0.0351. The highest BCUT2D eigenvalue weighted by molar-refractivity contribution is 5.68. The summed E-state index contributed by atoms with van der Waals surface area (Å²) in [6, 6.07) is 0. The van der Waals surface area contributed by atoms with Crippen molar-refractivity contribution in [2.24, 2.45) is 0 Å². The normalized spacial score (nSPS) is 25.7.